The van der Waals surface area contributed by atoms with Gasteiger partial charge in [0.2, 0.25) is 0 Å². The minimum atomic E-state index is -0.588. The minimum absolute atomic E-state index is 0.360. The Kier molecular flexibility index (Phi) is 5.52. The highest BCUT2D eigenvalue weighted by atomic mass is 16.6. The Morgan fingerprint density at radius 3 is 2.81 bits per heavy atom. The molecular weight excluding hydrogens is 404 g/mol. The summed E-state index contributed by atoms with van der Waals surface area (Å²) in [5.41, 5.74) is 9.88. The molecule has 3 N–H and O–H groups in total. The fraction of sp³-hybridized carbons (Fsp3) is 0.250. The van der Waals surface area contributed by atoms with E-state index < -0.39 is 11.7 Å². The highest BCUT2D eigenvalue weighted by Crippen LogP contribution is 2.32. The number of benzene rings is 1. The summed E-state index contributed by atoms with van der Waals surface area (Å²) in [4.78, 5) is 21.0. The number of fused-ring (bicyclic) bond motifs is 2. The molecule has 3 heterocycles. The number of ether oxygens (including phenoxy) is 1. The second-order valence-electron chi connectivity index (χ2n) is 8.56. The number of nitrogens with zero attached hydrogens (tertiary/aromatic N) is 4. The lowest BCUT2D eigenvalue weighted by Gasteiger charge is -2.22. The van der Waals surface area contributed by atoms with Crippen LogP contribution >= 0.6 is 0 Å². The van der Waals surface area contributed by atoms with Crippen molar-refractivity contribution in [3.05, 3.63) is 67.3 Å². The number of hydrogen-bond donors (Lipinski definition) is 2. The molecule has 0 fully saturated rings. The number of nitrogens with one attached hydrogen (secondary N) is 1. The normalized spacial score (nSPS) is 12.6. The molecule has 4 rings (SSSR count). The highest BCUT2D eigenvalue weighted by Gasteiger charge is 2.21. The number of carbonyl (C=O) groups is 1. The molecule has 1 amide bonds. The molecule has 0 aliphatic carbocycles. The van der Waals surface area contributed by atoms with Gasteiger partial charge in [0, 0.05) is 34.8 Å². The van der Waals surface area contributed by atoms with Crippen LogP contribution in [0.2, 0.25) is 0 Å². The maximum atomic E-state index is 12.2. The molecule has 4 aromatic rings. The number of aromatic nitrogens is 4. The van der Waals surface area contributed by atoms with Crippen molar-refractivity contribution in [1.29, 1.82) is 0 Å². The van der Waals surface area contributed by atoms with E-state index in [0.717, 1.165) is 27.7 Å². The minimum Gasteiger partial charge on any atom is -0.444 e. The van der Waals surface area contributed by atoms with Gasteiger partial charge in [0.1, 0.15) is 17.4 Å². The first-order valence-corrected chi connectivity index (χ1v) is 10.3. The third-order valence-electron chi connectivity index (χ3n) is 4.97. The monoisotopic (exact) mass is 430 g/mol. The van der Waals surface area contributed by atoms with Crippen molar-refractivity contribution in [3.8, 4) is 11.1 Å². The van der Waals surface area contributed by atoms with Crippen molar-refractivity contribution in [2.75, 3.05) is 5.73 Å². The van der Waals surface area contributed by atoms with Crippen molar-refractivity contribution in [2.24, 2.45) is 0 Å². The number of hydrogen-bond acceptors (Lipinski definition) is 6. The second kappa shape index (κ2) is 8.30. The van der Waals surface area contributed by atoms with Crippen LogP contribution in [0.1, 0.15) is 26.5 Å². The fourth-order valence-corrected chi connectivity index (χ4v) is 3.59. The van der Waals surface area contributed by atoms with E-state index in [1.165, 1.54) is 6.33 Å². The van der Waals surface area contributed by atoms with Gasteiger partial charge in [-0.1, -0.05) is 24.3 Å². The van der Waals surface area contributed by atoms with Gasteiger partial charge in [-0.2, -0.15) is 5.10 Å². The zero-order valence-electron chi connectivity index (χ0n) is 18.4. The van der Waals surface area contributed by atoms with Gasteiger partial charge in [-0.3, -0.25) is 4.98 Å². The standard InChI is InChI=1S/C24H26N6O2/c1-5-17(29-23(31)32-24(2,3)4)11-18-12-19(21-22(25)27-14-28-30(18)21)16-10-15-8-6-7-9-20(15)26-13-16/h5-10,12-14,17H,1,11H2,2-4H3,(H,29,31)(H2,25,27,28)/t17-/m0/s1. The molecule has 32 heavy (non-hydrogen) atoms. The third-order valence-corrected chi connectivity index (χ3v) is 4.97. The lowest BCUT2D eigenvalue weighted by atomic mass is 10.1. The molecular formula is C24H26N6O2. The zero-order chi connectivity index (χ0) is 22.9. The maximum absolute atomic E-state index is 12.2. The molecule has 1 atom stereocenters. The summed E-state index contributed by atoms with van der Waals surface area (Å²) < 4.78 is 7.12. The van der Waals surface area contributed by atoms with Crippen LogP contribution in [0.25, 0.3) is 27.5 Å². The van der Waals surface area contributed by atoms with Gasteiger partial charge in [-0.25, -0.2) is 14.3 Å². The molecule has 0 radical (unpaired) electrons. The number of carbonyl (C=O) groups excluding carboxylic acids is 1. The first kappa shape index (κ1) is 21.3. The fourth-order valence-electron chi connectivity index (χ4n) is 3.59. The van der Waals surface area contributed by atoms with Gasteiger partial charge >= 0.3 is 6.09 Å². The lowest BCUT2D eigenvalue weighted by molar-refractivity contribution is 0.0514. The molecule has 164 valence electrons. The maximum Gasteiger partial charge on any atom is 0.408 e. The van der Waals surface area contributed by atoms with E-state index in [0.29, 0.717) is 17.8 Å². The Bertz CT molecular complexity index is 1310. The van der Waals surface area contributed by atoms with Crippen molar-refractivity contribution < 1.29 is 9.53 Å². The van der Waals surface area contributed by atoms with E-state index in [9.17, 15) is 4.79 Å². The average Bonchev–Trinajstić information content (AvgIpc) is 3.11. The Morgan fingerprint density at radius 1 is 1.28 bits per heavy atom. The number of anilines is 1. The summed E-state index contributed by atoms with van der Waals surface area (Å²) in [6.45, 7) is 9.31. The van der Waals surface area contributed by atoms with Crippen LogP contribution in [-0.4, -0.2) is 37.3 Å². The molecule has 0 unspecified atom stereocenters. The molecule has 0 saturated carbocycles. The van der Waals surface area contributed by atoms with E-state index in [1.807, 2.05) is 57.3 Å². The summed E-state index contributed by atoms with van der Waals surface area (Å²) in [5.74, 6) is 0.365. The average molecular weight is 431 g/mol. The zero-order valence-corrected chi connectivity index (χ0v) is 18.4. The molecule has 0 bridgehead atoms. The third kappa shape index (κ3) is 4.39. The van der Waals surface area contributed by atoms with Crippen LogP contribution in [0.5, 0.6) is 0 Å². The molecule has 0 aliphatic rings. The summed E-state index contributed by atoms with van der Waals surface area (Å²) in [5, 5.41) is 8.27. The van der Waals surface area contributed by atoms with E-state index in [-0.39, 0.29) is 6.04 Å². The second-order valence-corrected chi connectivity index (χ2v) is 8.56. The summed E-state index contributed by atoms with van der Waals surface area (Å²) in [7, 11) is 0. The van der Waals surface area contributed by atoms with Crippen LogP contribution in [-0.2, 0) is 11.2 Å². The van der Waals surface area contributed by atoms with Gasteiger partial charge < -0.3 is 15.8 Å². The quantitative estimate of drug-likeness (QED) is 0.461. The van der Waals surface area contributed by atoms with Crippen molar-refractivity contribution in [2.45, 2.75) is 38.8 Å². The van der Waals surface area contributed by atoms with E-state index in [1.54, 1.807) is 10.6 Å². The smallest absolute Gasteiger partial charge is 0.408 e. The molecule has 0 aliphatic heterocycles. The first-order valence-electron chi connectivity index (χ1n) is 10.3. The number of alkyl carbamates (subject to hydrolysis) is 1. The summed E-state index contributed by atoms with van der Waals surface area (Å²) >= 11 is 0. The number of nitrogen functional groups attached to an aromatic ring is 1. The van der Waals surface area contributed by atoms with Crippen molar-refractivity contribution in [1.82, 2.24) is 24.9 Å². The van der Waals surface area contributed by atoms with Gasteiger partial charge in [0.15, 0.2) is 5.82 Å². The van der Waals surface area contributed by atoms with E-state index >= 15 is 0 Å². The molecule has 0 saturated heterocycles. The predicted molar refractivity (Wildman–Crippen MR) is 125 cm³/mol. The lowest BCUT2D eigenvalue weighted by Crippen LogP contribution is -2.39. The molecule has 8 nitrogen and oxygen atoms in total. The Hall–Kier alpha value is -3.94. The van der Waals surface area contributed by atoms with Crippen molar-refractivity contribution >= 4 is 28.3 Å². The van der Waals surface area contributed by atoms with E-state index in [4.69, 9.17) is 10.5 Å². The van der Waals surface area contributed by atoms with Crippen LogP contribution in [0.3, 0.4) is 0 Å². The summed E-state index contributed by atoms with van der Waals surface area (Å²) in [6, 6.07) is 11.6. The molecule has 3 aromatic heterocycles. The SMILES string of the molecule is C=C[C@@H](Cc1cc(-c2cnc3ccccc3c2)c2c(N)ncnn12)NC(=O)OC(C)(C)C. The molecule has 1 aromatic carbocycles. The largest absolute Gasteiger partial charge is 0.444 e. The number of nitrogens with two attached hydrogens (primary N) is 1. The van der Waals surface area contributed by atoms with Crippen LogP contribution in [0.15, 0.2) is 61.6 Å². The molecule has 0 spiro atoms. The Balaban J connectivity index is 1.72. The van der Waals surface area contributed by atoms with Gasteiger partial charge in [-0.05, 0) is 39.0 Å². The summed E-state index contributed by atoms with van der Waals surface area (Å²) in [6.07, 6.45) is 4.85. The van der Waals surface area contributed by atoms with Crippen LogP contribution < -0.4 is 11.1 Å². The number of pyridine rings is 1. The van der Waals surface area contributed by atoms with Crippen molar-refractivity contribution in [3.63, 3.8) is 0 Å². The molecule has 8 heteroatoms. The van der Waals surface area contributed by atoms with Crippen LogP contribution in [0, 0.1) is 0 Å². The van der Waals surface area contributed by atoms with Gasteiger partial charge in [-0.15, -0.1) is 6.58 Å². The van der Waals surface area contributed by atoms with Crippen LogP contribution in [0.4, 0.5) is 10.6 Å². The van der Waals surface area contributed by atoms with Gasteiger partial charge in [0.05, 0.1) is 11.6 Å². The topological polar surface area (TPSA) is 107 Å². The number of para-hydroxylation sites is 1. The number of rotatable bonds is 5. The van der Waals surface area contributed by atoms with Gasteiger partial charge in [0.25, 0.3) is 0 Å². The first-order chi connectivity index (χ1) is 15.2. The predicted octanol–water partition coefficient (Wildman–Crippen LogP) is 4.15. The Morgan fingerprint density at radius 2 is 2.06 bits per heavy atom. The van der Waals surface area contributed by atoms with E-state index in [2.05, 4.69) is 33.0 Å². The Labute approximate surface area is 186 Å². The highest BCUT2D eigenvalue weighted by molar-refractivity contribution is 5.92. The number of amides is 1.